The third kappa shape index (κ3) is 5.11. The molecule has 1 saturated heterocycles. The minimum atomic E-state index is -0.0988. The number of carbonyl (C=O) groups is 1. The second kappa shape index (κ2) is 8.05. The third-order valence-corrected chi connectivity index (χ3v) is 3.68. The molecule has 7 heteroatoms. The number of nitrogens with zero attached hydrogens (tertiary/aromatic N) is 1. The van der Waals surface area contributed by atoms with Crippen molar-refractivity contribution in [2.45, 2.75) is 18.9 Å². The van der Waals surface area contributed by atoms with Gasteiger partial charge in [-0.1, -0.05) is 23.2 Å². The second-order valence-electron chi connectivity index (χ2n) is 4.81. The van der Waals surface area contributed by atoms with Gasteiger partial charge in [0.1, 0.15) is 0 Å². The summed E-state index contributed by atoms with van der Waals surface area (Å²) in [7, 11) is 0. The van der Waals surface area contributed by atoms with Crippen molar-refractivity contribution in [2.75, 3.05) is 25.0 Å². The normalized spacial score (nSPS) is 19.2. The Morgan fingerprint density at radius 2 is 2.20 bits per heavy atom. The quantitative estimate of drug-likeness (QED) is 0.891. The molecule has 0 aliphatic carbocycles. The van der Waals surface area contributed by atoms with Crippen LogP contribution < -0.4 is 11.1 Å². The van der Waals surface area contributed by atoms with Gasteiger partial charge in [0.2, 0.25) is 5.91 Å². The van der Waals surface area contributed by atoms with E-state index in [-0.39, 0.29) is 24.4 Å². The number of nitrogens with two attached hydrogens (primary N) is 1. The van der Waals surface area contributed by atoms with Crippen molar-refractivity contribution in [2.24, 2.45) is 5.73 Å². The monoisotopic (exact) mass is 337 g/mol. The summed E-state index contributed by atoms with van der Waals surface area (Å²) >= 11 is 11.9. The number of likely N-dealkylation sites (tertiary alicyclic amines) is 1. The maximum absolute atomic E-state index is 12.0. The summed E-state index contributed by atoms with van der Waals surface area (Å²) < 4.78 is 0. The Labute approximate surface area is 135 Å². The zero-order chi connectivity index (χ0) is 13.8. The fraction of sp³-hybridized carbons (Fsp3) is 0.462. The maximum atomic E-state index is 12.0. The van der Waals surface area contributed by atoms with Crippen LogP contribution in [0.4, 0.5) is 5.69 Å². The highest BCUT2D eigenvalue weighted by molar-refractivity contribution is 6.35. The van der Waals surface area contributed by atoms with Crippen molar-refractivity contribution in [3.63, 3.8) is 0 Å². The smallest absolute Gasteiger partial charge is 0.238 e. The summed E-state index contributed by atoms with van der Waals surface area (Å²) in [4.78, 5) is 14.0. The number of piperidine rings is 1. The molecule has 1 heterocycles. The molecule has 3 N–H and O–H groups in total. The predicted molar refractivity (Wildman–Crippen MR) is 86.0 cm³/mol. The largest absolute Gasteiger partial charge is 0.327 e. The number of amides is 1. The molecule has 112 valence electrons. The number of benzene rings is 1. The Kier molecular flexibility index (Phi) is 7.06. The summed E-state index contributed by atoms with van der Waals surface area (Å²) in [5.74, 6) is -0.0988. The highest BCUT2D eigenvalue weighted by Gasteiger charge is 2.19. The molecule has 1 aromatic carbocycles. The summed E-state index contributed by atoms with van der Waals surface area (Å²) in [5, 5.41) is 3.80. The van der Waals surface area contributed by atoms with E-state index in [0.717, 1.165) is 25.9 Å². The molecule has 1 fully saturated rings. The average molecular weight is 339 g/mol. The number of hydrogen-bond donors (Lipinski definition) is 2. The van der Waals surface area contributed by atoms with Gasteiger partial charge in [0.25, 0.3) is 0 Å². The summed E-state index contributed by atoms with van der Waals surface area (Å²) in [6.45, 7) is 2.00. The number of halogens is 3. The Bertz CT molecular complexity index is 470. The van der Waals surface area contributed by atoms with E-state index in [4.69, 9.17) is 28.9 Å². The van der Waals surface area contributed by atoms with Gasteiger partial charge in [-0.15, -0.1) is 12.4 Å². The van der Waals surface area contributed by atoms with Gasteiger partial charge in [-0.05, 0) is 37.6 Å². The lowest BCUT2D eigenvalue weighted by Gasteiger charge is -2.29. The predicted octanol–water partition coefficient (Wildman–Crippen LogP) is 2.78. The van der Waals surface area contributed by atoms with Crippen LogP contribution in [-0.2, 0) is 4.79 Å². The molecule has 1 aromatic rings. The van der Waals surface area contributed by atoms with Crippen molar-refractivity contribution < 1.29 is 4.79 Å². The topological polar surface area (TPSA) is 58.4 Å². The molecule has 0 bridgehead atoms. The molecular weight excluding hydrogens is 321 g/mol. The lowest BCUT2D eigenvalue weighted by Crippen LogP contribution is -2.45. The third-order valence-electron chi connectivity index (χ3n) is 3.11. The lowest BCUT2D eigenvalue weighted by atomic mass is 10.1. The number of anilines is 1. The zero-order valence-corrected chi connectivity index (χ0v) is 13.3. The first-order valence-electron chi connectivity index (χ1n) is 6.27. The molecule has 0 saturated carbocycles. The number of carbonyl (C=O) groups excluding carboxylic acids is 1. The van der Waals surface area contributed by atoms with Gasteiger partial charge in [-0.25, -0.2) is 0 Å². The van der Waals surface area contributed by atoms with Gasteiger partial charge >= 0.3 is 0 Å². The van der Waals surface area contributed by atoms with E-state index in [1.807, 2.05) is 0 Å². The van der Waals surface area contributed by atoms with Crippen LogP contribution in [0, 0.1) is 0 Å². The van der Waals surface area contributed by atoms with E-state index in [0.29, 0.717) is 22.3 Å². The van der Waals surface area contributed by atoms with E-state index < -0.39 is 0 Å². The van der Waals surface area contributed by atoms with Gasteiger partial charge in [-0.3, -0.25) is 9.69 Å². The van der Waals surface area contributed by atoms with E-state index in [1.165, 1.54) is 0 Å². The highest BCUT2D eigenvalue weighted by atomic mass is 35.5. The van der Waals surface area contributed by atoms with E-state index in [1.54, 1.807) is 18.2 Å². The van der Waals surface area contributed by atoms with Crippen LogP contribution in [0.1, 0.15) is 12.8 Å². The van der Waals surface area contributed by atoms with Gasteiger partial charge < -0.3 is 11.1 Å². The van der Waals surface area contributed by atoms with Crippen LogP contribution in [0.3, 0.4) is 0 Å². The van der Waals surface area contributed by atoms with Crippen LogP contribution in [0.5, 0.6) is 0 Å². The molecule has 1 atom stereocenters. The Balaban J connectivity index is 0.00000200. The standard InChI is InChI=1S/C13H17Cl2N3O.ClH/c14-9-3-4-11(15)12(6-9)17-13(19)8-18-5-1-2-10(16)7-18;/h3-4,6,10H,1-2,5,7-8,16H2,(H,17,19);1H. The average Bonchev–Trinajstić information content (AvgIpc) is 2.34. The van der Waals surface area contributed by atoms with Crippen molar-refractivity contribution in [1.29, 1.82) is 0 Å². The lowest BCUT2D eigenvalue weighted by molar-refractivity contribution is -0.117. The number of hydrogen-bond acceptors (Lipinski definition) is 3. The van der Waals surface area contributed by atoms with Crippen LogP contribution in [0.2, 0.25) is 10.0 Å². The van der Waals surface area contributed by atoms with Gasteiger partial charge in [0.05, 0.1) is 17.3 Å². The second-order valence-corrected chi connectivity index (χ2v) is 5.65. The van der Waals surface area contributed by atoms with Crippen LogP contribution in [-0.4, -0.2) is 36.5 Å². The minimum absolute atomic E-state index is 0. The molecule has 0 aromatic heterocycles. The Hall–Kier alpha value is -0.520. The molecule has 4 nitrogen and oxygen atoms in total. The van der Waals surface area contributed by atoms with Gasteiger partial charge in [0, 0.05) is 17.6 Å². The molecule has 20 heavy (non-hydrogen) atoms. The SMILES string of the molecule is Cl.NC1CCCN(CC(=O)Nc2cc(Cl)ccc2Cl)C1. The Morgan fingerprint density at radius 1 is 1.45 bits per heavy atom. The summed E-state index contributed by atoms with van der Waals surface area (Å²) in [6, 6.07) is 5.15. The molecule has 0 spiro atoms. The molecule has 2 rings (SSSR count). The summed E-state index contributed by atoms with van der Waals surface area (Å²) in [5.41, 5.74) is 6.43. The van der Waals surface area contributed by atoms with Crippen LogP contribution in [0.15, 0.2) is 18.2 Å². The van der Waals surface area contributed by atoms with Gasteiger partial charge in [-0.2, -0.15) is 0 Å². The van der Waals surface area contributed by atoms with Crippen molar-refractivity contribution in [3.05, 3.63) is 28.2 Å². The highest BCUT2D eigenvalue weighted by Crippen LogP contribution is 2.25. The first-order chi connectivity index (χ1) is 9.04. The number of nitrogens with one attached hydrogen (secondary N) is 1. The molecule has 1 aliphatic rings. The molecule has 1 aliphatic heterocycles. The molecule has 0 radical (unpaired) electrons. The molecule has 1 unspecified atom stereocenters. The zero-order valence-electron chi connectivity index (χ0n) is 10.9. The fourth-order valence-electron chi connectivity index (χ4n) is 2.22. The fourth-order valence-corrected chi connectivity index (χ4v) is 2.56. The van der Waals surface area contributed by atoms with Crippen molar-refractivity contribution >= 4 is 47.2 Å². The van der Waals surface area contributed by atoms with Gasteiger partial charge in [0.15, 0.2) is 0 Å². The van der Waals surface area contributed by atoms with E-state index >= 15 is 0 Å². The molecular formula is C13H18Cl3N3O. The first-order valence-corrected chi connectivity index (χ1v) is 7.03. The number of rotatable bonds is 3. The van der Waals surface area contributed by atoms with E-state index in [9.17, 15) is 4.79 Å². The van der Waals surface area contributed by atoms with E-state index in [2.05, 4.69) is 10.2 Å². The maximum Gasteiger partial charge on any atom is 0.238 e. The van der Waals surface area contributed by atoms with Crippen molar-refractivity contribution in [3.8, 4) is 0 Å². The van der Waals surface area contributed by atoms with Crippen molar-refractivity contribution in [1.82, 2.24) is 4.90 Å². The minimum Gasteiger partial charge on any atom is -0.327 e. The summed E-state index contributed by atoms with van der Waals surface area (Å²) in [6.07, 6.45) is 2.06. The Morgan fingerprint density at radius 3 is 2.90 bits per heavy atom. The van der Waals surface area contributed by atoms with Crippen LogP contribution >= 0.6 is 35.6 Å². The molecule has 1 amide bonds. The first kappa shape index (κ1) is 17.5. The van der Waals surface area contributed by atoms with Crippen LogP contribution in [0.25, 0.3) is 0 Å².